The fourth-order valence-electron chi connectivity index (χ4n) is 2.46. The molecule has 0 radical (unpaired) electrons. The zero-order valence-electron chi connectivity index (χ0n) is 10.4. The summed E-state index contributed by atoms with van der Waals surface area (Å²) in [5, 5.41) is 24.0. The first-order chi connectivity index (χ1) is 8.59. The highest BCUT2D eigenvalue weighted by Crippen LogP contribution is 2.28. The summed E-state index contributed by atoms with van der Waals surface area (Å²) in [6.07, 6.45) is 3.47. The zero-order chi connectivity index (χ0) is 13.1. The molecule has 1 aliphatic carbocycles. The van der Waals surface area contributed by atoms with Gasteiger partial charge in [-0.3, -0.25) is 10.1 Å². The van der Waals surface area contributed by atoms with Crippen molar-refractivity contribution in [3.8, 4) is 0 Å². The van der Waals surface area contributed by atoms with Crippen molar-refractivity contribution in [3.05, 3.63) is 33.9 Å². The van der Waals surface area contributed by atoms with E-state index >= 15 is 0 Å². The minimum Gasteiger partial charge on any atom is -0.391 e. The van der Waals surface area contributed by atoms with E-state index in [1.54, 1.807) is 13.0 Å². The van der Waals surface area contributed by atoms with E-state index in [4.69, 9.17) is 0 Å². The minimum absolute atomic E-state index is 0.000505. The third-order valence-corrected chi connectivity index (χ3v) is 3.57. The van der Waals surface area contributed by atoms with Crippen LogP contribution in [0, 0.1) is 17.0 Å². The maximum Gasteiger partial charge on any atom is 0.274 e. The standard InChI is InChI=1S/C13H18N2O3/c1-9-10(6-4-7-12(9)15(17)18)14-11-5-2-3-8-13(11)16/h4,6-7,11,13-14,16H,2-3,5,8H2,1H3. The van der Waals surface area contributed by atoms with Crippen molar-refractivity contribution in [3.63, 3.8) is 0 Å². The Morgan fingerprint density at radius 2 is 2.11 bits per heavy atom. The van der Waals surface area contributed by atoms with Gasteiger partial charge in [0.1, 0.15) is 0 Å². The quantitative estimate of drug-likeness (QED) is 0.638. The highest BCUT2D eigenvalue weighted by molar-refractivity contribution is 5.60. The first-order valence-corrected chi connectivity index (χ1v) is 6.28. The predicted molar refractivity (Wildman–Crippen MR) is 69.7 cm³/mol. The molecular weight excluding hydrogens is 232 g/mol. The number of nitrogens with one attached hydrogen (secondary N) is 1. The number of nitro benzene ring substituents is 1. The number of aliphatic hydroxyl groups excluding tert-OH is 1. The molecule has 0 bridgehead atoms. The molecule has 5 heteroatoms. The second-order valence-electron chi connectivity index (χ2n) is 4.81. The molecule has 0 amide bonds. The van der Waals surface area contributed by atoms with Crippen LogP contribution in [0.3, 0.4) is 0 Å². The molecule has 0 saturated heterocycles. The molecule has 0 aliphatic heterocycles. The molecule has 5 nitrogen and oxygen atoms in total. The van der Waals surface area contributed by atoms with Crippen LogP contribution in [0.15, 0.2) is 18.2 Å². The molecule has 18 heavy (non-hydrogen) atoms. The van der Waals surface area contributed by atoms with Gasteiger partial charge in [0.2, 0.25) is 0 Å². The van der Waals surface area contributed by atoms with Crippen LogP contribution in [0.2, 0.25) is 0 Å². The van der Waals surface area contributed by atoms with Gasteiger partial charge in [-0.05, 0) is 25.8 Å². The molecule has 0 spiro atoms. The maximum atomic E-state index is 10.9. The average molecular weight is 250 g/mol. The summed E-state index contributed by atoms with van der Waals surface area (Å²) in [6, 6.07) is 4.99. The Morgan fingerprint density at radius 3 is 2.78 bits per heavy atom. The van der Waals surface area contributed by atoms with Crippen LogP contribution in [-0.2, 0) is 0 Å². The number of benzene rings is 1. The average Bonchev–Trinajstić information content (AvgIpc) is 2.34. The summed E-state index contributed by atoms with van der Waals surface area (Å²) in [5.41, 5.74) is 1.49. The van der Waals surface area contributed by atoms with Crippen molar-refractivity contribution in [1.82, 2.24) is 0 Å². The summed E-state index contributed by atoms with van der Waals surface area (Å²) < 4.78 is 0. The second kappa shape index (κ2) is 5.35. The lowest BCUT2D eigenvalue weighted by Gasteiger charge is -2.29. The van der Waals surface area contributed by atoms with E-state index in [2.05, 4.69) is 5.32 Å². The van der Waals surface area contributed by atoms with Crippen molar-refractivity contribution in [1.29, 1.82) is 0 Å². The Bertz CT molecular complexity index is 448. The Morgan fingerprint density at radius 1 is 1.39 bits per heavy atom. The fourth-order valence-corrected chi connectivity index (χ4v) is 2.46. The largest absolute Gasteiger partial charge is 0.391 e. The van der Waals surface area contributed by atoms with Gasteiger partial charge in [0.05, 0.1) is 17.1 Å². The highest BCUT2D eigenvalue weighted by Gasteiger charge is 2.24. The summed E-state index contributed by atoms with van der Waals surface area (Å²) in [5.74, 6) is 0. The highest BCUT2D eigenvalue weighted by atomic mass is 16.6. The van der Waals surface area contributed by atoms with E-state index in [-0.39, 0.29) is 22.8 Å². The van der Waals surface area contributed by atoms with E-state index in [1.165, 1.54) is 6.07 Å². The number of anilines is 1. The van der Waals surface area contributed by atoms with Crippen LogP contribution in [0.1, 0.15) is 31.2 Å². The van der Waals surface area contributed by atoms with E-state index in [9.17, 15) is 15.2 Å². The Balaban J connectivity index is 2.18. The van der Waals surface area contributed by atoms with Gasteiger partial charge in [0.15, 0.2) is 0 Å². The predicted octanol–water partition coefficient (Wildman–Crippen LogP) is 2.62. The Labute approximate surface area is 106 Å². The van der Waals surface area contributed by atoms with Gasteiger partial charge in [-0.1, -0.05) is 18.9 Å². The van der Waals surface area contributed by atoms with Crippen molar-refractivity contribution in [2.45, 2.75) is 44.8 Å². The molecule has 1 aromatic rings. The van der Waals surface area contributed by atoms with Gasteiger partial charge in [0, 0.05) is 17.3 Å². The van der Waals surface area contributed by atoms with Gasteiger partial charge < -0.3 is 10.4 Å². The van der Waals surface area contributed by atoms with Gasteiger partial charge >= 0.3 is 0 Å². The summed E-state index contributed by atoms with van der Waals surface area (Å²) >= 11 is 0. The van der Waals surface area contributed by atoms with Crippen LogP contribution in [0.4, 0.5) is 11.4 Å². The van der Waals surface area contributed by atoms with E-state index < -0.39 is 0 Å². The van der Waals surface area contributed by atoms with Gasteiger partial charge in [-0.25, -0.2) is 0 Å². The molecular formula is C13H18N2O3. The fraction of sp³-hybridized carbons (Fsp3) is 0.538. The van der Waals surface area contributed by atoms with Crippen molar-refractivity contribution >= 4 is 11.4 Å². The molecule has 0 aromatic heterocycles. The van der Waals surface area contributed by atoms with Crippen LogP contribution in [0.25, 0.3) is 0 Å². The lowest BCUT2D eigenvalue weighted by molar-refractivity contribution is -0.385. The molecule has 1 saturated carbocycles. The van der Waals surface area contributed by atoms with Crippen molar-refractivity contribution in [2.75, 3.05) is 5.32 Å². The van der Waals surface area contributed by atoms with E-state index in [1.807, 2.05) is 6.07 Å². The molecule has 2 unspecified atom stereocenters. The van der Waals surface area contributed by atoms with Gasteiger partial charge in [-0.2, -0.15) is 0 Å². The summed E-state index contributed by atoms with van der Waals surface area (Å²) in [6.45, 7) is 1.73. The minimum atomic E-state index is -0.377. The summed E-state index contributed by atoms with van der Waals surface area (Å²) in [7, 11) is 0. The van der Waals surface area contributed by atoms with Gasteiger partial charge in [0.25, 0.3) is 5.69 Å². The lowest BCUT2D eigenvalue weighted by Crippen LogP contribution is -2.36. The molecule has 1 fully saturated rings. The molecule has 0 heterocycles. The Hall–Kier alpha value is -1.62. The third-order valence-electron chi connectivity index (χ3n) is 3.57. The number of hydrogen-bond donors (Lipinski definition) is 2. The normalized spacial score (nSPS) is 23.7. The van der Waals surface area contributed by atoms with Crippen molar-refractivity contribution < 1.29 is 10.0 Å². The van der Waals surface area contributed by atoms with Gasteiger partial charge in [-0.15, -0.1) is 0 Å². The van der Waals surface area contributed by atoms with Crippen LogP contribution >= 0.6 is 0 Å². The lowest BCUT2D eigenvalue weighted by atomic mass is 9.92. The SMILES string of the molecule is Cc1c(NC2CCCCC2O)cccc1[N+](=O)[O-]. The zero-order valence-corrected chi connectivity index (χ0v) is 10.4. The smallest absolute Gasteiger partial charge is 0.274 e. The van der Waals surface area contributed by atoms with Crippen LogP contribution in [-0.4, -0.2) is 22.2 Å². The first-order valence-electron chi connectivity index (χ1n) is 6.28. The van der Waals surface area contributed by atoms with E-state index in [0.29, 0.717) is 5.56 Å². The molecule has 98 valence electrons. The number of hydrogen-bond acceptors (Lipinski definition) is 4. The number of aliphatic hydroxyl groups is 1. The molecule has 2 N–H and O–H groups in total. The van der Waals surface area contributed by atoms with Crippen molar-refractivity contribution in [2.24, 2.45) is 0 Å². The topological polar surface area (TPSA) is 75.4 Å². The number of nitrogens with zero attached hydrogens (tertiary/aromatic N) is 1. The second-order valence-corrected chi connectivity index (χ2v) is 4.81. The summed E-state index contributed by atoms with van der Waals surface area (Å²) in [4.78, 5) is 10.5. The van der Waals surface area contributed by atoms with Crippen LogP contribution < -0.4 is 5.32 Å². The monoisotopic (exact) mass is 250 g/mol. The molecule has 1 aliphatic rings. The Kier molecular flexibility index (Phi) is 3.81. The number of rotatable bonds is 3. The number of nitro groups is 1. The molecule has 2 rings (SSSR count). The molecule has 1 aromatic carbocycles. The first kappa shape index (κ1) is 12.8. The van der Waals surface area contributed by atoms with E-state index in [0.717, 1.165) is 31.4 Å². The molecule has 2 atom stereocenters. The third kappa shape index (κ3) is 2.61. The maximum absolute atomic E-state index is 10.9. The van der Waals surface area contributed by atoms with Crippen LogP contribution in [0.5, 0.6) is 0 Å².